The highest BCUT2D eigenvalue weighted by molar-refractivity contribution is 7.15. The molecule has 1 atom stereocenters. The number of likely N-dealkylation sites (tertiary alicyclic amines) is 1. The maximum atomic E-state index is 11.4. The van der Waals surface area contributed by atoms with E-state index >= 15 is 0 Å². The number of carbonyl (C=O) groups is 1. The SMILES string of the molecule is COC(=O)c1nc(NCC2CCN(C)C2)sc1C. The van der Waals surface area contributed by atoms with E-state index in [1.807, 2.05) is 6.92 Å². The first-order chi connectivity index (χ1) is 8.60. The fourth-order valence-corrected chi connectivity index (χ4v) is 2.99. The van der Waals surface area contributed by atoms with Crippen LogP contribution in [0.4, 0.5) is 5.13 Å². The lowest BCUT2D eigenvalue weighted by Crippen LogP contribution is -2.19. The molecule has 18 heavy (non-hydrogen) atoms. The number of anilines is 1. The quantitative estimate of drug-likeness (QED) is 0.841. The molecular formula is C12H19N3O2S. The highest BCUT2D eigenvalue weighted by atomic mass is 32.1. The molecule has 0 saturated carbocycles. The molecule has 2 rings (SSSR count). The molecule has 0 aromatic carbocycles. The summed E-state index contributed by atoms with van der Waals surface area (Å²) in [6.45, 7) is 5.09. The molecule has 0 bridgehead atoms. The third-order valence-corrected chi connectivity index (χ3v) is 4.13. The fraction of sp³-hybridized carbons (Fsp3) is 0.667. The van der Waals surface area contributed by atoms with Gasteiger partial charge in [0.15, 0.2) is 10.8 Å². The second kappa shape index (κ2) is 5.67. The molecule has 1 aliphatic heterocycles. The Bertz CT molecular complexity index is 433. The number of aryl methyl sites for hydroxylation is 1. The summed E-state index contributed by atoms with van der Waals surface area (Å²) < 4.78 is 4.69. The van der Waals surface area contributed by atoms with Gasteiger partial charge in [-0.3, -0.25) is 0 Å². The molecule has 100 valence electrons. The van der Waals surface area contributed by atoms with Crippen LogP contribution in [0.2, 0.25) is 0 Å². The average Bonchev–Trinajstić information content (AvgIpc) is 2.92. The number of esters is 1. The van der Waals surface area contributed by atoms with Crippen LogP contribution < -0.4 is 5.32 Å². The maximum absolute atomic E-state index is 11.4. The Labute approximate surface area is 111 Å². The van der Waals surface area contributed by atoms with Gasteiger partial charge >= 0.3 is 5.97 Å². The lowest BCUT2D eigenvalue weighted by Gasteiger charge is -2.10. The van der Waals surface area contributed by atoms with E-state index in [4.69, 9.17) is 4.74 Å². The largest absolute Gasteiger partial charge is 0.464 e. The highest BCUT2D eigenvalue weighted by Gasteiger charge is 2.20. The van der Waals surface area contributed by atoms with Gasteiger partial charge in [-0.05, 0) is 32.9 Å². The number of ether oxygens (including phenoxy) is 1. The second-order valence-corrected chi connectivity index (χ2v) is 5.92. The average molecular weight is 269 g/mol. The molecule has 1 N–H and O–H groups in total. The van der Waals surface area contributed by atoms with Crippen molar-refractivity contribution in [1.29, 1.82) is 0 Å². The Morgan fingerprint density at radius 1 is 1.67 bits per heavy atom. The Kier molecular flexibility index (Phi) is 4.19. The lowest BCUT2D eigenvalue weighted by atomic mass is 10.1. The molecule has 1 unspecified atom stereocenters. The first-order valence-corrected chi connectivity index (χ1v) is 6.90. The van der Waals surface area contributed by atoms with Gasteiger partial charge < -0.3 is 15.0 Å². The standard InChI is InChI=1S/C12H19N3O2S/c1-8-10(11(16)17-3)14-12(18-8)13-6-9-4-5-15(2)7-9/h9H,4-7H2,1-3H3,(H,13,14). The minimum atomic E-state index is -0.364. The predicted molar refractivity (Wildman–Crippen MR) is 72.3 cm³/mol. The molecule has 1 aromatic heterocycles. The molecule has 0 aliphatic carbocycles. The van der Waals surface area contributed by atoms with Crippen LogP contribution in [0.25, 0.3) is 0 Å². The van der Waals surface area contributed by atoms with E-state index < -0.39 is 0 Å². The monoisotopic (exact) mass is 269 g/mol. The van der Waals surface area contributed by atoms with E-state index in [1.54, 1.807) is 0 Å². The summed E-state index contributed by atoms with van der Waals surface area (Å²) >= 11 is 1.51. The first kappa shape index (κ1) is 13.3. The van der Waals surface area contributed by atoms with Crippen molar-refractivity contribution >= 4 is 22.4 Å². The Morgan fingerprint density at radius 3 is 3.06 bits per heavy atom. The number of carbonyl (C=O) groups excluding carboxylic acids is 1. The van der Waals surface area contributed by atoms with E-state index in [0.717, 1.165) is 29.6 Å². The number of nitrogens with zero attached hydrogens (tertiary/aromatic N) is 2. The van der Waals surface area contributed by atoms with Crippen molar-refractivity contribution in [2.75, 3.05) is 39.1 Å². The van der Waals surface area contributed by atoms with Gasteiger partial charge in [-0.25, -0.2) is 9.78 Å². The van der Waals surface area contributed by atoms with Gasteiger partial charge in [0, 0.05) is 18.0 Å². The normalized spacial score (nSPS) is 20.1. The smallest absolute Gasteiger partial charge is 0.357 e. The van der Waals surface area contributed by atoms with E-state index in [0.29, 0.717) is 11.6 Å². The fourth-order valence-electron chi connectivity index (χ4n) is 2.18. The summed E-state index contributed by atoms with van der Waals surface area (Å²) in [5.41, 5.74) is 0.425. The summed E-state index contributed by atoms with van der Waals surface area (Å²) in [7, 11) is 3.52. The van der Waals surface area contributed by atoms with Crippen LogP contribution in [0.5, 0.6) is 0 Å². The first-order valence-electron chi connectivity index (χ1n) is 6.08. The molecule has 6 heteroatoms. The number of methoxy groups -OCH3 is 1. The number of aromatic nitrogens is 1. The zero-order chi connectivity index (χ0) is 13.1. The Hall–Kier alpha value is -1.14. The summed E-state index contributed by atoms with van der Waals surface area (Å²) in [6, 6.07) is 0. The number of nitrogens with one attached hydrogen (secondary N) is 1. The molecule has 1 fully saturated rings. The van der Waals surface area contributed by atoms with Gasteiger partial charge in [-0.15, -0.1) is 11.3 Å². The highest BCUT2D eigenvalue weighted by Crippen LogP contribution is 2.23. The second-order valence-electron chi connectivity index (χ2n) is 4.71. The minimum absolute atomic E-state index is 0.364. The van der Waals surface area contributed by atoms with Gasteiger partial charge in [-0.2, -0.15) is 0 Å². The van der Waals surface area contributed by atoms with E-state index in [2.05, 4.69) is 22.2 Å². The van der Waals surface area contributed by atoms with Gasteiger partial charge in [0.25, 0.3) is 0 Å². The van der Waals surface area contributed by atoms with Gasteiger partial charge in [-0.1, -0.05) is 0 Å². The molecule has 1 saturated heterocycles. The number of rotatable bonds is 4. The summed E-state index contributed by atoms with van der Waals surface area (Å²) in [5, 5.41) is 4.13. The van der Waals surface area contributed by atoms with Crippen molar-refractivity contribution < 1.29 is 9.53 Å². The van der Waals surface area contributed by atoms with Crippen LogP contribution in [0.1, 0.15) is 21.8 Å². The lowest BCUT2D eigenvalue weighted by molar-refractivity contribution is 0.0594. The van der Waals surface area contributed by atoms with Crippen molar-refractivity contribution in [3.05, 3.63) is 10.6 Å². The van der Waals surface area contributed by atoms with Crippen LogP contribution in [-0.2, 0) is 4.74 Å². The van der Waals surface area contributed by atoms with Crippen LogP contribution in [0.15, 0.2) is 0 Å². The summed E-state index contributed by atoms with van der Waals surface area (Å²) in [4.78, 5) is 18.9. The number of thiazole rings is 1. The van der Waals surface area contributed by atoms with Gasteiger partial charge in [0.1, 0.15) is 0 Å². The van der Waals surface area contributed by atoms with Crippen molar-refractivity contribution in [3.63, 3.8) is 0 Å². The van der Waals surface area contributed by atoms with Gasteiger partial charge in [0.05, 0.1) is 7.11 Å². The van der Waals surface area contributed by atoms with Crippen molar-refractivity contribution in [1.82, 2.24) is 9.88 Å². The van der Waals surface area contributed by atoms with Crippen LogP contribution in [-0.4, -0.2) is 49.6 Å². The van der Waals surface area contributed by atoms with Crippen molar-refractivity contribution in [2.24, 2.45) is 5.92 Å². The topological polar surface area (TPSA) is 54.5 Å². The molecule has 1 aromatic rings. The molecular weight excluding hydrogens is 250 g/mol. The third-order valence-electron chi connectivity index (χ3n) is 3.21. The minimum Gasteiger partial charge on any atom is -0.464 e. The number of hydrogen-bond acceptors (Lipinski definition) is 6. The molecule has 1 aliphatic rings. The predicted octanol–water partition coefficient (Wildman–Crippen LogP) is 1.60. The van der Waals surface area contributed by atoms with E-state index in [-0.39, 0.29) is 5.97 Å². The molecule has 0 amide bonds. The van der Waals surface area contributed by atoms with Crippen LogP contribution in [0.3, 0.4) is 0 Å². The summed E-state index contributed by atoms with van der Waals surface area (Å²) in [5.74, 6) is 0.304. The van der Waals surface area contributed by atoms with Crippen LogP contribution in [0, 0.1) is 12.8 Å². The Morgan fingerprint density at radius 2 is 2.44 bits per heavy atom. The van der Waals surface area contributed by atoms with Crippen LogP contribution >= 0.6 is 11.3 Å². The molecule has 2 heterocycles. The summed E-state index contributed by atoms with van der Waals surface area (Å²) in [6.07, 6.45) is 1.22. The van der Waals surface area contributed by atoms with Gasteiger partial charge in [0.2, 0.25) is 0 Å². The van der Waals surface area contributed by atoms with E-state index in [1.165, 1.54) is 24.9 Å². The number of hydrogen-bond donors (Lipinski definition) is 1. The zero-order valence-electron chi connectivity index (χ0n) is 11.0. The Balaban J connectivity index is 1.92. The third kappa shape index (κ3) is 3.00. The zero-order valence-corrected chi connectivity index (χ0v) is 11.8. The molecule has 0 spiro atoms. The molecule has 5 nitrogen and oxygen atoms in total. The van der Waals surface area contributed by atoms with E-state index in [9.17, 15) is 4.79 Å². The van der Waals surface area contributed by atoms with Crippen molar-refractivity contribution in [3.8, 4) is 0 Å². The molecule has 0 radical (unpaired) electrons. The maximum Gasteiger partial charge on any atom is 0.357 e. The van der Waals surface area contributed by atoms with Crippen molar-refractivity contribution in [2.45, 2.75) is 13.3 Å².